The number of nitrogens with zero attached hydrogens (tertiary/aromatic N) is 2. The molecular weight excluding hydrogens is 338 g/mol. The number of carboxylic acids is 1. The van der Waals surface area contributed by atoms with E-state index < -0.39 is 11.9 Å². The second-order valence-corrected chi connectivity index (χ2v) is 6.39. The zero-order valence-electron chi connectivity index (χ0n) is 15.1. The molecule has 1 saturated heterocycles. The van der Waals surface area contributed by atoms with Crippen molar-refractivity contribution >= 4 is 17.6 Å². The number of benzene rings is 1. The lowest BCUT2D eigenvalue weighted by Gasteiger charge is -2.35. The molecule has 0 aromatic heterocycles. The van der Waals surface area contributed by atoms with E-state index in [4.69, 9.17) is 9.84 Å². The van der Waals surface area contributed by atoms with Gasteiger partial charge in [-0.15, -0.1) is 0 Å². The lowest BCUT2D eigenvalue weighted by atomic mass is 10.0. The van der Waals surface area contributed by atoms with E-state index >= 15 is 0 Å². The van der Waals surface area contributed by atoms with Gasteiger partial charge in [0.25, 0.3) is 0 Å². The number of methoxy groups -OCH3 is 1. The van der Waals surface area contributed by atoms with Crippen LogP contribution in [-0.2, 0) is 9.59 Å². The first-order valence-electron chi connectivity index (χ1n) is 8.74. The Bertz CT molecular complexity index is 602. The van der Waals surface area contributed by atoms with Crippen LogP contribution in [0.4, 0.5) is 5.69 Å². The van der Waals surface area contributed by atoms with Crippen LogP contribution in [-0.4, -0.2) is 84.9 Å². The number of aliphatic hydroxyl groups is 1. The van der Waals surface area contributed by atoms with E-state index in [2.05, 4.69) is 15.1 Å². The predicted octanol–water partition coefficient (Wildman–Crippen LogP) is 0.335. The molecule has 8 nitrogen and oxygen atoms in total. The van der Waals surface area contributed by atoms with Gasteiger partial charge in [-0.2, -0.15) is 0 Å². The standard InChI is InChI=1S/C18H27N3O5/c1-26-16-4-2-3-15(12-16)19-17(23)11-14(18(24)25)13-21-7-5-20(6-8-21)9-10-22/h2-4,12,14,22H,5-11,13H2,1H3,(H,19,23)(H,24,25). The van der Waals surface area contributed by atoms with Gasteiger partial charge in [0.05, 0.1) is 19.6 Å². The monoisotopic (exact) mass is 365 g/mol. The Morgan fingerprint density at radius 3 is 2.54 bits per heavy atom. The molecule has 0 radical (unpaired) electrons. The summed E-state index contributed by atoms with van der Waals surface area (Å²) >= 11 is 0. The maximum atomic E-state index is 12.2. The third-order valence-corrected chi connectivity index (χ3v) is 4.49. The van der Waals surface area contributed by atoms with Crippen LogP contribution in [0, 0.1) is 5.92 Å². The van der Waals surface area contributed by atoms with Crippen molar-refractivity contribution in [2.45, 2.75) is 6.42 Å². The minimum atomic E-state index is -0.969. The Morgan fingerprint density at radius 2 is 1.92 bits per heavy atom. The molecule has 1 heterocycles. The molecule has 0 aliphatic carbocycles. The highest BCUT2D eigenvalue weighted by Gasteiger charge is 2.26. The van der Waals surface area contributed by atoms with Gasteiger partial charge in [0.2, 0.25) is 5.91 Å². The van der Waals surface area contributed by atoms with Gasteiger partial charge in [0.15, 0.2) is 0 Å². The number of β-amino-alcohol motifs (C(OH)–C–C–N with tert-alkyl or cyclic N) is 1. The fourth-order valence-electron chi connectivity index (χ4n) is 3.02. The smallest absolute Gasteiger partial charge is 0.308 e. The van der Waals surface area contributed by atoms with Gasteiger partial charge >= 0.3 is 5.97 Å². The van der Waals surface area contributed by atoms with Crippen LogP contribution in [0.25, 0.3) is 0 Å². The second kappa shape index (κ2) is 10.1. The van der Waals surface area contributed by atoms with Crippen molar-refractivity contribution in [1.82, 2.24) is 9.80 Å². The Morgan fingerprint density at radius 1 is 1.23 bits per heavy atom. The summed E-state index contributed by atoms with van der Waals surface area (Å²) in [4.78, 5) is 28.0. The van der Waals surface area contributed by atoms with Gasteiger partial charge in [-0.05, 0) is 12.1 Å². The summed E-state index contributed by atoms with van der Waals surface area (Å²) in [6.07, 6.45) is -0.0800. The molecule has 0 bridgehead atoms. The van der Waals surface area contributed by atoms with Crippen LogP contribution in [0.15, 0.2) is 24.3 Å². The van der Waals surface area contributed by atoms with Crippen molar-refractivity contribution in [3.05, 3.63) is 24.3 Å². The molecule has 1 aromatic rings. The van der Waals surface area contributed by atoms with Crippen molar-refractivity contribution in [1.29, 1.82) is 0 Å². The van der Waals surface area contributed by atoms with Gasteiger partial charge in [0.1, 0.15) is 5.75 Å². The number of ether oxygens (including phenoxy) is 1. The van der Waals surface area contributed by atoms with Crippen molar-refractivity contribution in [3.63, 3.8) is 0 Å². The molecule has 26 heavy (non-hydrogen) atoms. The molecule has 1 fully saturated rings. The van der Waals surface area contributed by atoms with E-state index in [1.165, 1.54) is 0 Å². The number of amides is 1. The highest BCUT2D eigenvalue weighted by Crippen LogP contribution is 2.18. The van der Waals surface area contributed by atoms with Crippen LogP contribution in [0.1, 0.15) is 6.42 Å². The molecule has 1 aliphatic rings. The van der Waals surface area contributed by atoms with Gasteiger partial charge in [-0.1, -0.05) is 6.07 Å². The third-order valence-electron chi connectivity index (χ3n) is 4.49. The quantitative estimate of drug-likeness (QED) is 0.580. The largest absolute Gasteiger partial charge is 0.497 e. The first-order chi connectivity index (χ1) is 12.5. The Kier molecular flexibility index (Phi) is 7.83. The van der Waals surface area contributed by atoms with Crippen LogP contribution < -0.4 is 10.1 Å². The molecule has 1 amide bonds. The Balaban J connectivity index is 1.85. The lowest BCUT2D eigenvalue weighted by Crippen LogP contribution is -2.49. The predicted molar refractivity (Wildman–Crippen MR) is 97.3 cm³/mol. The average Bonchev–Trinajstić information content (AvgIpc) is 2.63. The summed E-state index contributed by atoms with van der Waals surface area (Å²) in [5.74, 6) is -1.43. The summed E-state index contributed by atoms with van der Waals surface area (Å²) in [5, 5.41) is 21.2. The van der Waals surface area contributed by atoms with E-state index in [1.807, 2.05) is 0 Å². The number of carbonyl (C=O) groups excluding carboxylic acids is 1. The van der Waals surface area contributed by atoms with Crippen LogP contribution >= 0.6 is 0 Å². The molecular formula is C18H27N3O5. The fraction of sp³-hybridized carbons (Fsp3) is 0.556. The highest BCUT2D eigenvalue weighted by atomic mass is 16.5. The highest BCUT2D eigenvalue weighted by molar-refractivity contribution is 5.93. The maximum absolute atomic E-state index is 12.2. The average molecular weight is 365 g/mol. The molecule has 1 aliphatic heterocycles. The molecule has 1 aromatic carbocycles. The molecule has 3 N–H and O–H groups in total. The lowest BCUT2D eigenvalue weighted by molar-refractivity contribution is -0.144. The second-order valence-electron chi connectivity index (χ2n) is 6.39. The number of carboxylic acid groups (broad SMARTS) is 1. The van der Waals surface area contributed by atoms with Crippen LogP contribution in [0.3, 0.4) is 0 Å². The Hall–Kier alpha value is -2.16. The van der Waals surface area contributed by atoms with E-state index in [0.29, 0.717) is 24.5 Å². The number of aliphatic hydroxyl groups excluding tert-OH is 1. The van der Waals surface area contributed by atoms with E-state index in [-0.39, 0.29) is 18.9 Å². The number of hydrogen-bond acceptors (Lipinski definition) is 6. The number of piperazine rings is 1. The van der Waals surface area contributed by atoms with Crippen LogP contribution in [0.2, 0.25) is 0 Å². The summed E-state index contributed by atoms with van der Waals surface area (Å²) in [6, 6.07) is 6.95. The number of rotatable bonds is 9. The van der Waals surface area contributed by atoms with Crippen molar-refractivity contribution in [2.75, 3.05) is 58.3 Å². The molecule has 0 saturated carbocycles. The first-order valence-corrected chi connectivity index (χ1v) is 8.74. The Labute approximate surface area is 153 Å². The van der Waals surface area contributed by atoms with Crippen molar-refractivity contribution < 1.29 is 24.5 Å². The van der Waals surface area contributed by atoms with Gasteiger partial charge < -0.3 is 20.3 Å². The number of anilines is 1. The van der Waals surface area contributed by atoms with E-state index in [9.17, 15) is 14.7 Å². The number of hydrogen-bond donors (Lipinski definition) is 3. The molecule has 8 heteroatoms. The summed E-state index contributed by atoms with van der Waals surface area (Å²) in [5.41, 5.74) is 0.580. The third kappa shape index (κ3) is 6.29. The van der Waals surface area contributed by atoms with Gasteiger partial charge in [-0.3, -0.25) is 19.4 Å². The normalized spacial score (nSPS) is 16.8. The van der Waals surface area contributed by atoms with Crippen molar-refractivity contribution in [3.8, 4) is 5.75 Å². The fourth-order valence-corrected chi connectivity index (χ4v) is 3.02. The number of carbonyl (C=O) groups is 2. The minimum Gasteiger partial charge on any atom is -0.497 e. The van der Waals surface area contributed by atoms with E-state index in [0.717, 1.165) is 26.2 Å². The first kappa shape index (κ1) is 20.2. The number of nitrogens with one attached hydrogen (secondary N) is 1. The summed E-state index contributed by atoms with van der Waals surface area (Å²) < 4.78 is 5.11. The topological polar surface area (TPSA) is 102 Å². The zero-order chi connectivity index (χ0) is 18.9. The minimum absolute atomic E-state index is 0.0800. The SMILES string of the molecule is COc1cccc(NC(=O)CC(CN2CCN(CCO)CC2)C(=O)O)c1. The molecule has 144 valence electrons. The molecule has 0 spiro atoms. The molecule has 1 atom stereocenters. The van der Waals surface area contributed by atoms with Crippen LogP contribution in [0.5, 0.6) is 5.75 Å². The van der Waals surface area contributed by atoms with Crippen molar-refractivity contribution in [2.24, 2.45) is 5.92 Å². The molecule has 1 unspecified atom stereocenters. The summed E-state index contributed by atoms with van der Waals surface area (Å²) in [7, 11) is 1.54. The van der Waals surface area contributed by atoms with Gasteiger partial charge in [0, 0.05) is 57.4 Å². The maximum Gasteiger partial charge on any atom is 0.308 e. The zero-order valence-corrected chi connectivity index (χ0v) is 15.1. The van der Waals surface area contributed by atoms with E-state index in [1.54, 1.807) is 31.4 Å². The number of aliphatic carboxylic acids is 1. The summed E-state index contributed by atoms with van der Waals surface area (Å²) in [6.45, 7) is 4.17. The molecule has 2 rings (SSSR count). The van der Waals surface area contributed by atoms with Gasteiger partial charge in [-0.25, -0.2) is 0 Å².